The normalized spacial score (nSPS) is 20.0. The van der Waals surface area contributed by atoms with E-state index in [4.69, 9.17) is 15.0 Å². The number of aliphatic carboxylic acids is 1. The first kappa shape index (κ1) is 22.9. The van der Waals surface area contributed by atoms with Crippen molar-refractivity contribution in [3.8, 4) is 0 Å². The molecule has 0 aliphatic carbocycles. The van der Waals surface area contributed by atoms with Crippen LogP contribution in [0.25, 0.3) is 11.1 Å². The van der Waals surface area contributed by atoms with Crippen molar-refractivity contribution in [3.63, 3.8) is 0 Å². The molecule has 2 aliphatic heterocycles. The molecule has 12 nitrogen and oxygen atoms in total. The highest BCUT2D eigenvalue weighted by Crippen LogP contribution is 2.40. The lowest BCUT2D eigenvalue weighted by Crippen LogP contribution is -2.71. The van der Waals surface area contributed by atoms with Crippen molar-refractivity contribution in [3.05, 3.63) is 53.0 Å². The highest BCUT2D eigenvalue weighted by atomic mass is 32.2. The number of β-lactam (4-membered cyclic amide) rings is 1. The van der Waals surface area contributed by atoms with Gasteiger partial charge in [0.1, 0.15) is 24.2 Å². The molecule has 35 heavy (non-hydrogen) atoms. The van der Waals surface area contributed by atoms with E-state index in [1.165, 1.54) is 24.3 Å². The number of thioether (sulfide) groups is 1. The molecule has 1 unspecified atom stereocenters. The molecule has 0 radical (unpaired) electrons. The summed E-state index contributed by atoms with van der Waals surface area (Å²) in [6.45, 7) is 0.199. The minimum Gasteiger partial charge on any atom is -0.543 e. The van der Waals surface area contributed by atoms with Gasteiger partial charge in [0.2, 0.25) is 0 Å². The lowest BCUT2D eigenvalue weighted by atomic mass is 10.0. The van der Waals surface area contributed by atoms with Gasteiger partial charge < -0.3 is 30.2 Å². The van der Waals surface area contributed by atoms with Crippen LogP contribution in [0.2, 0.25) is 0 Å². The third-order valence-electron chi connectivity index (χ3n) is 5.53. The fourth-order valence-corrected chi connectivity index (χ4v) is 5.90. The Hall–Kier alpha value is -3.91. The molecule has 0 bridgehead atoms. The zero-order valence-corrected chi connectivity index (χ0v) is 19.8. The van der Waals surface area contributed by atoms with Crippen LogP contribution in [0.3, 0.4) is 0 Å². The molecule has 5 heterocycles. The standard InChI is InChI=1S/C21H18N6O6S2/c1-32-25-13(12-9-35-21(22)23-12)16(28)24-14-17(29)27-15(20(30)31)11(8-34-19(14)27)7-26-5-2-3-10-4-6-33-18(10)26/h2-6,9,14,19H,7-8H2,1H3,(H3-,22,23,24,28,30,31)/b25-13-/t14?,19-/m1/s1. The van der Waals surface area contributed by atoms with Crippen LogP contribution in [-0.2, 0) is 25.8 Å². The number of carbonyl (C=O) groups excluding carboxylic acids is 3. The van der Waals surface area contributed by atoms with Crippen molar-refractivity contribution < 1.29 is 33.3 Å². The number of hydrogen-bond acceptors (Lipinski definition) is 11. The number of thiazole rings is 1. The Morgan fingerprint density at radius 2 is 2.29 bits per heavy atom. The predicted octanol–water partition coefficient (Wildman–Crippen LogP) is -0.786. The maximum absolute atomic E-state index is 13.0. The zero-order valence-electron chi connectivity index (χ0n) is 18.2. The van der Waals surface area contributed by atoms with E-state index in [2.05, 4.69) is 15.5 Å². The van der Waals surface area contributed by atoms with Crippen LogP contribution in [0, 0.1) is 0 Å². The molecule has 180 valence electrons. The number of nitrogen functional groups attached to an aromatic ring is 1. The van der Waals surface area contributed by atoms with Crippen LogP contribution < -0.4 is 20.7 Å². The molecule has 2 atom stereocenters. The molecule has 14 heteroatoms. The molecule has 2 amide bonds. The van der Waals surface area contributed by atoms with E-state index in [9.17, 15) is 19.5 Å². The Bertz CT molecular complexity index is 1410. The Kier molecular flexibility index (Phi) is 5.90. The number of anilines is 1. The van der Waals surface area contributed by atoms with E-state index >= 15 is 0 Å². The minimum absolute atomic E-state index is 0.146. The van der Waals surface area contributed by atoms with Gasteiger partial charge in [0.15, 0.2) is 23.6 Å². The summed E-state index contributed by atoms with van der Waals surface area (Å²) in [5, 5.41) is 20.4. The van der Waals surface area contributed by atoms with Crippen LogP contribution in [0.15, 0.2) is 56.9 Å². The van der Waals surface area contributed by atoms with E-state index in [1.807, 2.05) is 12.1 Å². The number of oxime groups is 1. The Morgan fingerprint density at radius 1 is 1.46 bits per heavy atom. The molecule has 0 spiro atoms. The Labute approximate surface area is 206 Å². The number of aromatic nitrogens is 2. The first-order chi connectivity index (χ1) is 16.9. The number of amides is 2. The second-order valence-electron chi connectivity index (χ2n) is 7.61. The molecule has 5 rings (SSSR count). The summed E-state index contributed by atoms with van der Waals surface area (Å²) in [5.74, 6) is -2.41. The van der Waals surface area contributed by atoms with Crippen LogP contribution in [0.1, 0.15) is 5.69 Å². The minimum atomic E-state index is -1.46. The van der Waals surface area contributed by atoms with Gasteiger partial charge in [0.25, 0.3) is 11.8 Å². The highest BCUT2D eigenvalue weighted by molar-refractivity contribution is 8.00. The number of carboxylic acids is 1. The van der Waals surface area contributed by atoms with Crippen molar-refractivity contribution in [2.24, 2.45) is 5.16 Å². The number of nitrogens with two attached hydrogens (primary N) is 1. The van der Waals surface area contributed by atoms with Crippen LogP contribution in [0.5, 0.6) is 0 Å². The average molecular weight is 515 g/mol. The van der Waals surface area contributed by atoms with Gasteiger partial charge in [-0.15, -0.1) is 23.1 Å². The van der Waals surface area contributed by atoms with Gasteiger partial charge in [-0.2, -0.15) is 4.57 Å². The molecule has 3 N–H and O–H groups in total. The van der Waals surface area contributed by atoms with Gasteiger partial charge in [-0.25, -0.2) is 4.98 Å². The SMILES string of the molecule is CO/N=C(\C(=O)NC1C(=O)N2C(C(=O)[O-])=C(C[n+]3cccc4ccoc43)CS[C@H]12)c1csc(N)n1. The molecule has 0 saturated carbocycles. The molecular weight excluding hydrogens is 496 g/mol. The number of fused-ring (bicyclic) bond motifs is 2. The van der Waals surface area contributed by atoms with Gasteiger partial charge >= 0.3 is 5.71 Å². The fraction of sp³-hybridized carbons (Fsp3) is 0.238. The first-order valence-corrected chi connectivity index (χ1v) is 12.2. The Morgan fingerprint density at radius 3 is 3.00 bits per heavy atom. The summed E-state index contributed by atoms with van der Waals surface area (Å²) < 4.78 is 7.29. The second-order valence-corrected chi connectivity index (χ2v) is 9.61. The molecule has 1 saturated heterocycles. The van der Waals surface area contributed by atoms with Crippen molar-refractivity contribution in [2.75, 3.05) is 18.6 Å². The lowest BCUT2D eigenvalue weighted by molar-refractivity contribution is -0.669. The first-order valence-electron chi connectivity index (χ1n) is 10.3. The van der Waals surface area contributed by atoms with Crippen molar-refractivity contribution >= 4 is 62.8 Å². The molecular formula is C21H18N6O6S2. The predicted molar refractivity (Wildman–Crippen MR) is 124 cm³/mol. The quantitative estimate of drug-likeness (QED) is 0.178. The van der Waals surface area contributed by atoms with Crippen LogP contribution >= 0.6 is 23.1 Å². The van der Waals surface area contributed by atoms with Crippen LogP contribution in [-0.4, -0.2) is 57.7 Å². The van der Waals surface area contributed by atoms with Gasteiger partial charge in [-0.3, -0.25) is 14.5 Å². The van der Waals surface area contributed by atoms with E-state index in [0.717, 1.165) is 21.6 Å². The Balaban J connectivity index is 1.38. The summed E-state index contributed by atoms with van der Waals surface area (Å²) >= 11 is 2.46. The third-order valence-corrected chi connectivity index (χ3v) is 7.54. The molecule has 2 aliphatic rings. The largest absolute Gasteiger partial charge is 0.543 e. The number of carbonyl (C=O) groups is 3. The van der Waals surface area contributed by atoms with Gasteiger partial charge in [-0.1, -0.05) is 5.16 Å². The maximum Gasteiger partial charge on any atom is 0.380 e. The average Bonchev–Trinajstić information content (AvgIpc) is 3.49. The molecule has 3 aromatic heterocycles. The number of furan rings is 1. The molecule has 3 aromatic rings. The number of nitrogens with zero attached hydrogens (tertiary/aromatic N) is 4. The van der Waals surface area contributed by atoms with Gasteiger partial charge in [-0.05, 0) is 12.1 Å². The number of carboxylic acid groups (broad SMARTS) is 1. The lowest BCUT2D eigenvalue weighted by Gasteiger charge is -2.50. The summed E-state index contributed by atoms with van der Waals surface area (Å²) in [6.07, 6.45) is 3.32. The van der Waals surface area contributed by atoms with Gasteiger partial charge in [0, 0.05) is 22.8 Å². The van der Waals surface area contributed by atoms with Gasteiger partial charge in [0.05, 0.1) is 23.3 Å². The summed E-state index contributed by atoms with van der Waals surface area (Å²) in [5.41, 5.74) is 6.58. The monoisotopic (exact) mass is 514 g/mol. The van der Waals surface area contributed by atoms with E-state index in [1.54, 1.807) is 23.1 Å². The zero-order chi connectivity index (χ0) is 24.7. The topological polar surface area (TPSA) is 167 Å². The van der Waals surface area contributed by atoms with Crippen molar-refractivity contribution in [1.82, 2.24) is 15.2 Å². The summed E-state index contributed by atoms with van der Waals surface area (Å²) in [6, 6.07) is 4.55. The van der Waals surface area contributed by atoms with Crippen molar-refractivity contribution in [2.45, 2.75) is 18.0 Å². The number of pyridine rings is 1. The highest BCUT2D eigenvalue weighted by Gasteiger charge is 2.53. The van der Waals surface area contributed by atoms with Crippen molar-refractivity contribution in [1.29, 1.82) is 0 Å². The number of hydrogen-bond donors (Lipinski definition) is 2. The van der Waals surface area contributed by atoms with E-state index < -0.39 is 29.2 Å². The fourth-order valence-electron chi connectivity index (χ4n) is 4.01. The summed E-state index contributed by atoms with van der Waals surface area (Å²) in [4.78, 5) is 47.8. The molecule has 1 fully saturated rings. The smallest absolute Gasteiger partial charge is 0.380 e. The number of nitrogens with one attached hydrogen (secondary N) is 1. The van der Waals surface area contributed by atoms with E-state index in [0.29, 0.717) is 17.0 Å². The molecule has 0 aromatic carbocycles. The van der Waals surface area contributed by atoms with Crippen LogP contribution in [0.4, 0.5) is 5.13 Å². The second kappa shape index (κ2) is 9.03. The third kappa shape index (κ3) is 4.00. The van der Waals surface area contributed by atoms with E-state index in [-0.39, 0.29) is 28.8 Å². The maximum atomic E-state index is 13.0. The number of rotatable bonds is 7. The summed E-state index contributed by atoms with van der Waals surface area (Å²) in [7, 11) is 1.27.